The van der Waals surface area contributed by atoms with Gasteiger partial charge in [0.2, 0.25) is 5.91 Å². The van der Waals surface area contributed by atoms with Crippen molar-refractivity contribution in [3.05, 3.63) is 59.9 Å². The molecule has 0 saturated carbocycles. The monoisotopic (exact) mass is 316 g/mol. The minimum absolute atomic E-state index is 0.0190. The molecule has 5 heteroatoms. The summed E-state index contributed by atoms with van der Waals surface area (Å²) >= 11 is 0. The summed E-state index contributed by atoms with van der Waals surface area (Å²) in [6.07, 6.45) is 1.06. The van der Waals surface area contributed by atoms with Crippen LogP contribution in [0.25, 0.3) is 0 Å². The van der Waals surface area contributed by atoms with E-state index in [9.17, 15) is 9.18 Å². The van der Waals surface area contributed by atoms with Gasteiger partial charge in [-0.3, -0.25) is 4.79 Å². The first kappa shape index (κ1) is 16.8. The van der Waals surface area contributed by atoms with Gasteiger partial charge in [0.25, 0.3) is 0 Å². The number of para-hydroxylation sites is 2. The molecular weight excluding hydrogens is 295 g/mol. The predicted molar refractivity (Wildman–Crippen MR) is 89.2 cm³/mol. The smallest absolute Gasteiger partial charge is 0.221 e. The Balaban J connectivity index is 1.66. The minimum atomic E-state index is -0.250. The molecule has 0 heterocycles. The number of hydrogen-bond donors (Lipinski definition) is 2. The van der Waals surface area contributed by atoms with Gasteiger partial charge in [0, 0.05) is 19.5 Å². The van der Waals surface area contributed by atoms with Gasteiger partial charge in [0.1, 0.15) is 11.6 Å². The fourth-order valence-corrected chi connectivity index (χ4v) is 2.19. The summed E-state index contributed by atoms with van der Waals surface area (Å²) in [7, 11) is 1.61. The molecule has 4 nitrogen and oxygen atoms in total. The number of amides is 1. The highest BCUT2D eigenvalue weighted by Gasteiger charge is 2.04. The average molecular weight is 316 g/mol. The molecule has 122 valence electrons. The van der Waals surface area contributed by atoms with E-state index < -0.39 is 0 Å². The van der Waals surface area contributed by atoms with Crippen molar-refractivity contribution in [2.75, 3.05) is 25.5 Å². The van der Waals surface area contributed by atoms with Crippen molar-refractivity contribution in [1.29, 1.82) is 0 Å². The van der Waals surface area contributed by atoms with E-state index >= 15 is 0 Å². The number of carbonyl (C=O) groups excluding carboxylic acids is 1. The standard InChI is InChI=1S/C18H21FN2O2/c1-23-17-5-3-2-4-16(17)20-13-11-18(22)21-12-10-14-6-8-15(19)9-7-14/h2-9,20H,10-13H2,1H3,(H,21,22). The number of carbonyl (C=O) groups is 1. The molecule has 0 aromatic heterocycles. The minimum Gasteiger partial charge on any atom is -0.495 e. The van der Waals surface area contributed by atoms with E-state index in [0.717, 1.165) is 17.0 Å². The lowest BCUT2D eigenvalue weighted by Gasteiger charge is -2.11. The lowest BCUT2D eigenvalue weighted by Crippen LogP contribution is -2.27. The molecule has 0 spiro atoms. The summed E-state index contributed by atoms with van der Waals surface area (Å²) < 4.78 is 18.0. The number of benzene rings is 2. The maximum absolute atomic E-state index is 12.8. The van der Waals surface area contributed by atoms with Crippen LogP contribution < -0.4 is 15.4 Å². The first-order chi connectivity index (χ1) is 11.2. The Labute approximate surface area is 135 Å². The molecular formula is C18H21FN2O2. The summed E-state index contributed by atoms with van der Waals surface area (Å²) in [5.74, 6) is 0.485. The van der Waals surface area contributed by atoms with Crippen molar-refractivity contribution in [1.82, 2.24) is 5.32 Å². The number of halogens is 1. The van der Waals surface area contributed by atoms with Crippen LogP contribution in [0.1, 0.15) is 12.0 Å². The number of anilines is 1. The molecule has 2 rings (SSSR count). The number of methoxy groups -OCH3 is 1. The normalized spacial score (nSPS) is 10.2. The quantitative estimate of drug-likeness (QED) is 0.787. The predicted octanol–water partition coefficient (Wildman–Crippen LogP) is 3.00. The number of rotatable bonds is 8. The van der Waals surface area contributed by atoms with E-state index in [2.05, 4.69) is 10.6 Å². The Hall–Kier alpha value is -2.56. The number of ether oxygens (including phenoxy) is 1. The van der Waals surface area contributed by atoms with Crippen LogP contribution in [-0.4, -0.2) is 26.1 Å². The van der Waals surface area contributed by atoms with Crippen molar-refractivity contribution in [3.8, 4) is 5.75 Å². The highest BCUT2D eigenvalue weighted by atomic mass is 19.1. The Bertz CT molecular complexity index is 629. The lowest BCUT2D eigenvalue weighted by molar-refractivity contribution is -0.120. The van der Waals surface area contributed by atoms with E-state index in [1.54, 1.807) is 19.2 Å². The van der Waals surface area contributed by atoms with Crippen molar-refractivity contribution < 1.29 is 13.9 Å². The van der Waals surface area contributed by atoms with Crippen molar-refractivity contribution in [3.63, 3.8) is 0 Å². The van der Waals surface area contributed by atoms with E-state index in [1.807, 2.05) is 24.3 Å². The van der Waals surface area contributed by atoms with Gasteiger partial charge in [0.05, 0.1) is 12.8 Å². The first-order valence-corrected chi connectivity index (χ1v) is 7.57. The maximum atomic E-state index is 12.8. The third kappa shape index (κ3) is 5.62. The molecule has 23 heavy (non-hydrogen) atoms. The van der Waals surface area contributed by atoms with E-state index in [-0.39, 0.29) is 11.7 Å². The zero-order valence-corrected chi connectivity index (χ0v) is 13.1. The molecule has 0 bridgehead atoms. The van der Waals surface area contributed by atoms with Gasteiger partial charge in [-0.05, 0) is 36.2 Å². The van der Waals surface area contributed by atoms with Gasteiger partial charge in [-0.2, -0.15) is 0 Å². The van der Waals surface area contributed by atoms with Crippen molar-refractivity contribution in [2.24, 2.45) is 0 Å². The Morgan fingerprint density at radius 1 is 1.09 bits per heavy atom. The molecule has 0 aliphatic heterocycles. The van der Waals surface area contributed by atoms with Gasteiger partial charge in [-0.25, -0.2) is 4.39 Å². The average Bonchev–Trinajstić information content (AvgIpc) is 2.57. The SMILES string of the molecule is COc1ccccc1NCCC(=O)NCCc1ccc(F)cc1. The highest BCUT2D eigenvalue weighted by molar-refractivity contribution is 5.76. The molecule has 0 unspecified atom stereocenters. The Morgan fingerprint density at radius 2 is 1.83 bits per heavy atom. The van der Waals surface area contributed by atoms with Crippen molar-refractivity contribution in [2.45, 2.75) is 12.8 Å². The van der Waals surface area contributed by atoms with Gasteiger partial charge in [-0.1, -0.05) is 24.3 Å². The molecule has 0 fully saturated rings. The zero-order valence-electron chi connectivity index (χ0n) is 13.1. The summed E-state index contributed by atoms with van der Waals surface area (Å²) in [6.45, 7) is 1.07. The third-order valence-electron chi connectivity index (χ3n) is 3.42. The molecule has 2 aromatic carbocycles. The second-order valence-corrected chi connectivity index (χ2v) is 5.10. The van der Waals surface area contributed by atoms with Gasteiger partial charge in [0.15, 0.2) is 0 Å². The second-order valence-electron chi connectivity index (χ2n) is 5.10. The van der Waals surface area contributed by atoms with Crippen LogP contribution in [0, 0.1) is 5.82 Å². The van der Waals surface area contributed by atoms with Crippen LogP contribution in [0.15, 0.2) is 48.5 Å². The summed E-state index contributed by atoms with van der Waals surface area (Å²) in [6, 6.07) is 13.9. The molecule has 0 radical (unpaired) electrons. The summed E-state index contributed by atoms with van der Waals surface area (Å²) in [5.41, 5.74) is 1.87. The molecule has 0 aliphatic carbocycles. The fourth-order valence-electron chi connectivity index (χ4n) is 2.19. The van der Waals surface area contributed by atoms with Crippen LogP contribution in [0.5, 0.6) is 5.75 Å². The fraction of sp³-hybridized carbons (Fsp3) is 0.278. The van der Waals surface area contributed by atoms with Crippen LogP contribution in [0.2, 0.25) is 0 Å². The van der Waals surface area contributed by atoms with Gasteiger partial charge < -0.3 is 15.4 Å². The third-order valence-corrected chi connectivity index (χ3v) is 3.42. The van der Waals surface area contributed by atoms with E-state index in [1.165, 1.54) is 12.1 Å². The van der Waals surface area contributed by atoms with E-state index in [0.29, 0.717) is 25.9 Å². The highest BCUT2D eigenvalue weighted by Crippen LogP contribution is 2.22. The van der Waals surface area contributed by atoms with Gasteiger partial charge in [-0.15, -0.1) is 0 Å². The molecule has 2 aromatic rings. The van der Waals surface area contributed by atoms with Gasteiger partial charge >= 0.3 is 0 Å². The molecule has 0 aliphatic rings. The Kier molecular flexibility index (Phi) is 6.41. The second kappa shape index (κ2) is 8.78. The maximum Gasteiger partial charge on any atom is 0.221 e. The Morgan fingerprint density at radius 3 is 2.57 bits per heavy atom. The lowest BCUT2D eigenvalue weighted by atomic mass is 10.1. The summed E-state index contributed by atoms with van der Waals surface area (Å²) in [5, 5.41) is 6.04. The van der Waals surface area contributed by atoms with Crippen LogP contribution in [0.4, 0.5) is 10.1 Å². The zero-order chi connectivity index (χ0) is 16.5. The first-order valence-electron chi connectivity index (χ1n) is 7.57. The molecule has 2 N–H and O–H groups in total. The molecule has 0 atom stereocenters. The number of nitrogens with one attached hydrogen (secondary N) is 2. The largest absolute Gasteiger partial charge is 0.495 e. The van der Waals surface area contributed by atoms with Crippen LogP contribution >= 0.6 is 0 Å². The molecule has 0 saturated heterocycles. The topological polar surface area (TPSA) is 50.4 Å². The van der Waals surface area contributed by atoms with Crippen LogP contribution in [-0.2, 0) is 11.2 Å². The van der Waals surface area contributed by atoms with Crippen molar-refractivity contribution >= 4 is 11.6 Å². The molecule has 1 amide bonds. The van der Waals surface area contributed by atoms with E-state index in [4.69, 9.17) is 4.74 Å². The van der Waals surface area contributed by atoms with Crippen LogP contribution in [0.3, 0.4) is 0 Å². The summed E-state index contributed by atoms with van der Waals surface area (Å²) in [4.78, 5) is 11.8. The number of hydrogen-bond acceptors (Lipinski definition) is 3.